The topological polar surface area (TPSA) is 130 Å². The number of ether oxygens (including phenoxy) is 4. The molecule has 0 spiro atoms. The lowest BCUT2D eigenvalue weighted by atomic mass is 10.2. The summed E-state index contributed by atoms with van der Waals surface area (Å²) in [5.41, 5.74) is 11.8. The first-order chi connectivity index (χ1) is 14.5. The highest BCUT2D eigenvalue weighted by Crippen LogP contribution is 2.00. The number of carbonyl (C=O) groups excluding carboxylic acids is 2. The van der Waals surface area contributed by atoms with Crippen LogP contribution < -0.4 is 11.5 Å². The molecule has 176 valence electrons. The molecule has 1 heterocycles. The molecule has 1 rings (SSSR count). The molecule has 0 aromatic heterocycles. The van der Waals surface area contributed by atoms with Crippen LogP contribution in [-0.2, 0) is 28.5 Å². The normalized spacial score (nSPS) is 21.3. The zero-order valence-corrected chi connectivity index (χ0v) is 18.6. The second kappa shape index (κ2) is 16.4. The van der Waals surface area contributed by atoms with E-state index in [1.807, 2.05) is 13.8 Å². The highest BCUT2D eigenvalue weighted by molar-refractivity contribution is 5.82. The standard InChI is InChI=1S/C20H40N4O6/c1-3-17(21)19(25)23-5-9-27-13-15-29-11-7-24(20(26)18(22)4-2)8-12-30-16-14-28-10-6-23/h17-18H,3-16,21-22H2,1-2H3/t17-,18-/m1/s1. The van der Waals surface area contributed by atoms with Gasteiger partial charge >= 0.3 is 0 Å². The third-order valence-corrected chi connectivity index (χ3v) is 4.90. The Morgan fingerprint density at radius 1 is 0.633 bits per heavy atom. The van der Waals surface area contributed by atoms with E-state index < -0.39 is 12.1 Å². The van der Waals surface area contributed by atoms with Crippen LogP contribution in [0.1, 0.15) is 26.7 Å². The van der Waals surface area contributed by atoms with Gasteiger partial charge in [0.25, 0.3) is 0 Å². The van der Waals surface area contributed by atoms with E-state index in [-0.39, 0.29) is 11.8 Å². The van der Waals surface area contributed by atoms with E-state index in [9.17, 15) is 9.59 Å². The SMILES string of the molecule is CC[C@@H](N)C(=O)N1CCOCCOCCN(C(=O)[C@H](N)CC)CCOCCOCC1. The lowest BCUT2D eigenvalue weighted by Crippen LogP contribution is -2.46. The third kappa shape index (κ3) is 10.6. The van der Waals surface area contributed by atoms with Gasteiger partial charge in [0.05, 0.1) is 64.9 Å². The summed E-state index contributed by atoms with van der Waals surface area (Å²) in [6.07, 6.45) is 1.17. The fourth-order valence-electron chi connectivity index (χ4n) is 2.83. The van der Waals surface area contributed by atoms with Gasteiger partial charge in [0, 0.05) is 26.2 Å². The summed E-state index contributed by atoms with van der Waals surface area (Å²) in [4.78, 5) is 28.2. The van der Waals surface area contributed by atoms with Crippen LogP contribution in [0.15, 0.2) is 0 Å². The molecule has 0 aromatic rings. The minimum atomic E-state index is -0.513. The van der Waals surface area contributed by atoms with Gasteiger partial charge in [-0.3, -0.25) is 9.59 Å². The van der Waals surface area contributed by atoms with Crippen molar-refractivity contribution < 1.29 is 28.5 Å². The lowest BCUT2D eigenvalue weighted by molar-refractivity contribution is -0.136. The number of nitrogens with zero attached hydrogens (tertiary/aromatic N) is 2. The third-order valence-electron chi connectivity index (χ3n) is 4.90. The van der Waals surface area contributed by atoms with Crippen molar-refractivity contribution in [3.8, 4) is 0 Å². The molecule has 1 aliphatic heterocycles. The molecular formula is C20H40N4O6. The van der Waals surface area contributed by atoms with E-state index in [0.29, 0.717) is 91.9 Å². The van der Waals surface area contributed by atoms with E-state index in [1.54, 1.807) is 9.80 Å². The van der Waals surface area contributed by atoms with Gasteiger partial charge < -0.3 is 40.2 Å². The van der Waals surface area contributed by atoms with Crippen molar-refractivity contribution >= 4 is 11.8 Å². The first-order valence-electron chi connectivity index (χ1n) is 10.9. The minimum absolute atomic E-state index is 0.0957. The molecule has 10 nitrogen and oxygen atoms in total. The number of rotatable bonds is 4. The Hall–Kier alpha value is -1.30. The van der Waals surface area contributed by atoms with Crippen molar-refractivity contribution in [1.29, 1.82) is 0 Å². The molecular weight excluding hydrogens is 392 g/mol. The Bertz CT molecular complexity index is 420. The molecule has 1 fully saturated rings. The Morgan fingerprint density at radius 3 is 1.13 bits per heavy atom. The summed E-state index contributed by atoms with van der Waals surface area (Å²) in [5.74, 6) is -0.191. The molecule has 2 amide bonds. The first kappa shape index (κ1) is 26.7. The Balaban J connectivity index is 2.53. The van der Waals surface area contributed by atoms with E-state index in [0.717, 1.165) is 0 Å². The maximum absolute atomic E-state index is 12.4. The van der Waals surface area contributed by atoms with Crippen LogP contribution in [-0.4, -0.2) is 113 Å². The summed E-state index contributed by atoms with van der Waals surface area (Å²) in [6.45, 7) is 8.76. The monoisotopic (exact) mass is 432 g/mol. The van der Waals surface area contributed by atoms with Gasteiger partial charge in [0.2, 0.25) is 11.8 Å². The van der Waals surface area contributed by atoms with E-state index in [2.05, 4.69) is 0 Å². The van der Waals surface area contributed by atoms with Gasteiger partial charge in [-0.1, -0.05) is 13.8 Å². The van der Waals surface area contributed by atoms with Crippen LogP contribution in [0.5, 0.6) is 0 Å². The van der Waals surface area contributed by atoms with E-state index in [1.165, 1.54) is 0 Å². The van der Waals surface area contributed by atoms with Crippen molar-refractivity contribution in [1.82, 2.24) is 9.80 Å². The average molecular weight is 433 g/mol. The maximum atomic E-state index is 12.4. The summed E-state index contributed by atoms with van der Waals surface area (Å²) in [6, 6.07) is -1.03. The van der Waals surface area contributed by atoms with Crippen LogP contribution in [0.2, 0.25) is 0 Å². The Morgan fingerprint density at radius 2 is 0.900 bits per heavy atom. The number of amides is 2. The summed E-state index contributed by atoms with van der Waals surface area (Å²) in [5, 5.41) is 0. The van der Waals surface area contributed by atoms with Crippen LogP contribution in [0.3, 0.4) is 0 Å². The Kier molecular flexibility index (Phi) is 14.6. The molecule has 2 atom stereocenters. The number of carbonyl (C=O) groups is 2. The molecule has 4 N–H and O–H groups in total. The number of nitrogens with two attached hydrogens (primary N) is 2. The molecule has 10 heteroatoms. The number of hydrogen-bond donors (Lipinski definition) is 2. The summed E-state index contributed by atoms with van der Waals surface area (Å²) >= 11 is 0. The highest BCUT2D eigenvalue weighted by Gasteiger charge is 2.20. The summed E-state index contributed by atoms with van der Waals surface area (Å²) in [7, 11) is 0. The van der Waals surface area contributed by atoms with Crippen molar-refractivity contribution in [3.05, 3.63) is 0 Å². The van der Waals surface area contributed by atoms with Crippen molar-refractivity contribution in [2.75, 3.05) is 79.0 Å². The van der Waals surface area contributed by atoms with Gasteiger partial charge in [-0.05, 0) is 12.8 Å². The minimum Gasteiger partial charge on any atom is -0.377 e. The van der Waals surface area contributed by atoms with Gasteiger partial charge in [-0.15, -0.1) is 0 Å². The van der Waals surface area contributed by atoms with Gasteiger partial charge in [0.1, 0.15) is 0 Å². The van der Waals surface area contributed by atoms with Crippen LogP contribution in [0, 0.1) is 0 Å². The molecule has 0 bridgehead atoms. The highest BCUT2D eigenvalue weighted by atomic mass is 16.5. The van der Waals surface area contributed by atoms with E-state index >= 15 is 0 Å². The fraction of sp³-hybridized carbons (Fsp3) is 0.900. The zero-order chi connectivity index (χ0) is 22.2. The lowest BCUT2D eigenvalue weighted by Gasteiger charge is -2.26. The summed E-state index contributed by atoms with van der Waals surface area (Å²) < 4.78 is 22.3. The molecule has 1 saturated heterocycles. The predicted octanol–water partition coefficient (Wildman–Crippen LogP) is -0.802. The molecule has 0 saturated carbocycles. The van der Waals surface area contributed by atoms with Crippen LogP contribution in [0.25, 0.3) is 0 Å². The number of hydrogen-bond acceptors (Lipinski definition) is 8. The van der Waals surface area contributed by atoms with Crippen LogP contribution >= 0.6 is 0 Å². The quantitative estimate of drug-likeness (QED) is 0.591. The van der Waals surface area contributed by atoms with Crippen LogP contribution in [0.4, 0.5) is 0 Å². The second-order valence-electron chi connectivity index (χ2n) is 7.13. The van der Waals surface area contributed by atoms with E-state index in [4.69, 9.17) is 30.4 Å². The maximum Gasteiger partial charge on any atom is 0.239 e. The zero-order valence-electron chi connectivity index (χ0n) is 18.6. The van der Waals surface area contributed by atoms with Crippen molar-refractivity contribution in [3.63, 3.8) is 0 Å². The first-order valence-corrected chi connectivity index (χ1v) is 10.9. The molecule has 0 unspecified atom stereocenters. The average Bonchev–Trinajstić information content (AvgIpc) is 2.76. The molecule has 30 heavy (non-hydrogen) atoms. The van der Waals surface area contributed by atoms with Crippen molar-refractivity contribution in [2.24, 2.45) is 11.5 Å². The molecule has 0 aromatic carbocycles. The molecule has 0 aliphatic carbocycles. The predicted molar refractivity (Wildman–Crippen MR) is 113 cm³/mol. The second-order valence-corrected chi connectivity index (χ2v) is 7.13. The smallest absolute Gasteiger partial charge is 0.239 e. The largest absolute Gasteiger partial charge is 0.377 e. The molecule has 0 radical (unpaired) electrons. The fourth-order valence-corrected chi connectivity index (χ4v) is 2.83. The van der Waals surface area contributed by atoms with Crippen molar-refractivity contribution in [2.45, 2.75) is 38.8 Å². The Labute approximate surface area is 180 Å². The van der Waals surface area contributed by atoms with Gasteiger partial charge in [-0.25, -0.2) is 0 Å². The van der Waals surface area contributed by atoms with Gasteiger partial charge in [-0.2, -0.15) is 0 Å². The molecule has 1 aliphatic rings. The van der Waals surface area contributed by atoms with Gasteiger partial charge in [0.15, 0.2) is 0 Å².